The Kier molecular flexibility index (Phi) is 26.5. The fraction of sp³-hybridized carbons (Fsp3) is 0.400. The predicted molar refractivity (Wildman–Crippen MR) is 91.6 cm³/mol. The molecule has 21 heavy (non-hydrogen) atoms. The predicted octanol–water partition coefficient (Wildman–Crippen LogP) is 6.30. The summed E-state index contributed by atoms with van der Waals surface area (Å²) in [7, 11) is 0. The first kappa shape index (κ1) is 25.5. The summed E-state index contributed by atoms with van der Waals surface area (Å²) in [4.78, 5) is 0. The molecule has 0 aliphatic heterocycles. The Hall–Kier alpha value is -0.456. The maximum absolute atomic E-state index is 2.89. The van der Waals surface area contributed by atoms with Crippen molar-refractivity contribution in [1.29, 1.82) is 0 Å². The summed E-state index contributed by atoms with van der Waals surface area (Å²) < 4.78 is 0. The summed E-state index contributed by atoms with van der Waals surface area (Å²) in [5, 5.41) is 0. The van der Waals surface area contributed by atoms with Crippen LogP contribution in [0.5, 0.6) is 0 Å². The molecule has 0 fully saturated rings. The van der Waals surface area contributed by atoms with E-state index >= 15 is 0 Å². The zero-order chi connectivity index (χ0) is 15.6. The minimum absolute atomic E-state index is 0. The van der Waals surface area contributed by atoms with Gasteiger partial charge in [-0.15, -0.1) is 0 Å². The summed E-state index contributed by atoms with van der Waals surface area (Å²) in [6.45, 7) is 13.0. The molecule has 0 bridgehead atoms. The third-order valence-corrected chi connectivity index (χ3v) is 1.21. The van der Waals surface area contributed by atoms with Crippen molar-refractivity contribution in [1.82, 2.24) is 0 Å². The fourth-order valence-electron chi connectivity index (χ4n) is 0.684. The van der Waals surface area contributed by atoms with Crippen molar-refractivity contribution in [2.24, 2.45) is 11.8 Å². The van der Waals surface area contributed by atoms with Gasteiger partial charge in [-0.1, -0.05) is 41.5 Å². The standard InChI is InChI=1S/2C6H5.2C4H10.Y/c2*1-2-4-6-5-3-1;2*1-4(2)3;/h2*1-5H;2*4H,1-3H3;/q2*-1;;;. The summed E-state index contributed by atoms with van der Waals surface area (Å²) in [5.74, 6) is 1.67. The zero-order valence-corrected chi connectivity index (χ0v) is 17.3. The van der Waals surface area contributed by atoms with Gasteiger partial charge in [0, 0.05) is 32.7 Å². The normalized spacial score (nSPS) is 8.00. The molecule has 2 rings (SSSR count). The number of hydrogen-bond acceptors (Lipinski definition) is 0. The minimum Gasteiger partial charge on any atom is -0.184 e. The first-order valence-electron chi connectivity index (χ1n) is 7.29. The summed E-state index contributed by atoms with van der Waals surface area (Å²) in [6.07, 6.45) is 0. The smallest absolute Gasteiger partial charge is 0 e. The molecule has 115 valence electrons. The molecule has 0 atom stereocenters. The Morgan fingerprint density at radius 3 is 0.714 bits per heavy atom. The molecule has 1 heteroatoms. The second-order valence-electron chi connectivity index (χ2n) is 5.62. The first-order valence-corrected chi connectivity index (χ1v) is 7.29. The van der Waals surface area contributed by atoms with E-state index in [9.17, 15) is 0 Å². The SMILES string of the molecule is CC(C)C.CC(C)C.[Y].[c-]1ccccc1.[c-]1ccccc1. The van der Waals surface area contributed by atoms with Crippen LogP contribution in [-0.2, 0) is 32.7 Å². The molecular weight excluding hydrogens is 329 g/mol. The molecule has 0 aliphatic rings. The Morgan fingerprint density at radius 1 is 0.476 bits per heavy atom. The van der Waals surface area contributed by atoms with Crippen LogP contribution in [-0.4, -0.2) is 0 Å². The molecule has 0 N–H and O–H groups in total. The quantitative estimate of drug-likeness (QED) is 0.485. The van der Waals surface area contributed by atoms with Crippen LogP contribution in [0, 0.1) is 24.0 Å². The van der Waals surface area contributed by atoms with Crippen LogP contribution in [0.3, 0.4) is 0 Å². The molecule has 2 aromatic carbocycles. The largest absolute Gasteiger partial charge is 0.184 e. The van der Waals surface area contributed by atoms with Crippen molar-refractivity contribution in [3.05, 3.63) is 72.8 Å². The Labute approximate surface area is 158 Å². The van der Waals surface area contributed by atoms with Gasteiger partial charge < -0.3 is 0 Å². The van der Waals surface area contributed by atoms with Gasteiger partial charge in [-0.3, -0.25) is 0 Å². The van der Waals surface area contributed by atoms with Crippen LogP contribution >= 0.6 is 0 Å². The van der Waals surface area contributed by atoms with Gasteiger partial charge in [-0.2, -0.15) is 72.8 Å². The van der Waals surface area contributed by atoms with Gasteiger partial charge in [0.15, 0.2) is 0 Å². The first-order chi connectivity index (χ1) is 9.46. The van der Waals surface area contributed by atoms with E-state index in [-0.39, 0.29) is 32.7 Å². The summed E-state index contributed by atoms with van der Waals surface area (Å²) in [6, 6.07) is 25.0. The molecule has 0 saturated carbocycles. The number of benzene rings is 2. The van der Waals surface area contributed by atoms with Crippen molar-refractivity contribution >= 4 is 0 Å². The Bertz CT molecular complexity index is 244. The molecule has 0 heterocycles. The van der Waals surface area contributed by atoms with Crippen molar-refractivity contribution in [2.75, 3.05) is 0 Å². The van der Waals surface area contributed by atoms with Gasteiger partial charge in [-0.05, 0) is 11.8 Å². The van der Waals surface area contributed by atoms with E-state index in [0.29, 0.717) is 0 Å². The maximum Gasteiger partial charge on any atom is 0 e. The fourth-order valence-corrected chi connectivity index (χ4v) is 0.684. The molecule has 0 amide bonds. The van der Waals surface area contributed by atoms with Gasteiger partial charge in [0.2, 0.25) is 0 Å². The summed E-state index contributed by atoms with van der Waals surface area (Å²) >= 11 is 0. The van der Waals surface area contributed by atoms with Gasteiger partial charge in [0.05, 0.1) is 0 Å². The average molecular weight is 359 g/mol. The Morgan fingerprint density at radius 2 is 0.667 bits per heavy atom. The van der Waals surface area contributed by atoms with Crippen molar-refractivity contribution < 1.29 is 32.7 Å². The molecule has 0 aromatic heterocycles. The van der Waals surface area contributed by atoms with Crippen LogP contribution in [0.1, 0.15) is 41.5 Å². The van der Waals surface area contributed by atoms with Crippen LogP contribution in [0.2, 0.25) is 0 Å². The second kappa shape index (κ2) is 21.8. The van der Waals surface area contributed by atoms with Gasteiger partial charge in [0.1, 0.15) is 0 Å². The molecule has 1 radical (unpaired) electrons. The van der Waals surface area contributed by atoms with E-state index in [2.05, 4.69) is 53.7 Å². The zero-order valence-electron chi connectivity index (χ0n) is 14.5. The topological polar surface area (TPSA) is 0 Å². The van der Waals surface area contributed by atoms with Crippen LogP contribution in [0.25, 0.3) is 0 Å². The molecule has 2 aromatic rings. The molecule has 0 aliphatic carbocycles. The van der Waals surface area contributed by atoms with Crippen LogP contribution in [0.4, 0.5) is 0 Å². The van der Waals surface area contributed by atoms with Gasteiger partial charge >= 0.3 is 0 Å². The van der Waals surface area contributed by atoms with Crippen molar-refractivity contribution in [3.8, 4) is 0 Å². The number of rotatable bonds is 0. The third-order valence-electron chi connectivity index (χ3n) is 1.21. The van der Waals surface area contributed by atoms with Gasteiger partial charge in [0.25, 0.3) is 0 Å². The van der Waals surface area contributed by atoms with E-state index in [1.54, 1.807) is 0 Å². The second-order valence-corrected chi connectivity index (χ2v) is 5.62. The molecule has 0 spiro atoms. The van der Waals surface area contributed by atoms with Crippen LogP contribution in [0.15, 0.2) is 60.7 Å². The van der Waals surface area contributed by atoms with Crippen LogP contribution < -0.4 is 0 Å². The van der Waals surface area contributed by atoms with E-state index in [4.69, 9.17) is 0 Å². The van der Waals surface area contributed by atoms with E-state index < -0.39 is 0 Å². The molecular formula is C20H30Y-2. The third kappa shape index (κ3) is 45.1. The van der Waals surface area contributed by atoms with Crippen molar-refractivity contribution in [3.63, 3.8) is 0 Å². The van der Waals surface area contributed by atoms with Gasteiger partial charge in [-0.25, -0.2) is 0 Å². The molecule has 0 saturated heterocycles. The van der Waals surface area contributed by atoms with E-state index in [1.165, 1.54) is 0 Å². The minimum atomic E-state index is 0. The number of hydrogen-bond donors (Lipinski definition) is 0. The Balaban J connectivity index is -0.000000208. The monoisotopic (exact) mass is 359 g/mol. The molecule has 0 nitrogen and oxygen atoms in total. The summed E-state index contributed by atoms with van der Waals surface area (Å²) in [5.41, 5.74) is 0. The average Bonchev–Trinajstić information content (AvgIpc) is 2.42. The maximum atomic E-state index is 2.89. The molecule has 0 unspecified atom stereocenters. The van der Waals surface area contributed by atoms with E-state index in [0.717, 1.165) is 11.8 Å². The van der Waals surface area contributed by atoms with E-state index in [1.807, 2.05) is 60.7 Å². The van der Waals surface area contributed by atoms with Crippen molar-refractivity contribution in [2.45, 2.75) is 41.5 Å².